The Labute approximate surface area is 159 Å². The van der Waals surface area contributed by atoms with Crippen molar-refractivity contribution in [2.24, 2.45) is 0 Å². The Kier molecular flexibility index (Phi) is 4.07. The second-order valence-corrected chi connectivity index (χ2v) is 7.14. The van der Waals surface area contributed by atoms with Crippen molar-refractivity contribution in [2.75, 3.05) is 32.2 Å². The van der Waals surface area contributed by atoms with Gasteiger partial charge in [0.05, 0.1) is 25.6 Å². The number of nitrogens with zero attached hydrogens (tertiary/aromatic N) is 5. The predicted octanol–water partition coefficient (Wildman–Crippen LogP) is 2.02. The first kappa shape index (κ1) is 17.5. The van der Waals surface area contributed by atoms with Gasteiger partial charge in [0.1, 0.15) is 5.65 Å². The zero-order valence-electron chi connectivity index (χ0n) is 15.6. The largest absolute Gasteiger partial charge is 0.442 e. The maximum atomic E-state index is 15.0. The first-order valence-electron chi connectivity index (χ1n) is 9.22. The highest BCUT2D eigenvalue weighted by Crippen LogP contribution is 2.38. The van der Waals surface area contributed by atoms with Crippen molar-refractivity contribution in [3.05, 3.63) is 28.6 Å². The third-order valence-corrected chi connectivity index (χ3v) is 5.43. The molecule has 0 bridgehead atoms. The highest BCUT2D eigenvalue weighted by atomic mass is 19.1. The van der Waals surface area contributed by atoms with Gasteiger partial charge in [0.25, 0.3) is 5.56 Å². The van der Waals surface area contributed by atoms with Crippen molar-refractivity contribution < 1.29 is 18.5 Å². The van der Waals surface area contributed by atoms with Crippen LogP contribution in [-0.4, -0.2) is 53.1 Å². The Morgan fingerprint density at radius 2 is 2.07 bits per heavy atom. The van der Waals surface area contributed by atoms with Gasteiger partial charge in [0.15, 0.2) is 29.1 Å². The smallest absolute Gasteiger partial charge is 0.282 e. The summed E-state index contributed by atoms with van der Waals surface area (Å²) in [5, 5.41) is 1.86. The zero-order valence-corrected chi connectivity index (χ0v) is 15.6. The van der Waals surface area contributed by atoms with Crippen LogP contribution < -0.4 is 10.5 Å². The molecule has 0 aromatic carbocycles. The maximum Gasteiger partial charge on any atom is 0.282 e. The normalized spacial score (nSPS) is 20.1. The quantitative estimate of drug-likeness (QED) is 0.613. The third kappa shape index (κ3) is 2.60. The molecule has 0 amide bonds. The summed E-state index contributed by atoms with van der Waals surface area (Å²) in [6, 6.07) is 1.42. The van der Waals surface area contributed by atoms with Gasteiger partial charge >= 0.3 is 0 Å². The van der Waals surface area contributed by atoms with E-state index in [1.165, 1.54) is 31.9 Å². The van der Waals surface area contributed by atoms with Crippen LogP contribution in [0.2, 0.25) is 0 Å². The first-order valence-corrected chi connectivity index (χ1v) is 9.22. The minimum atomic E-state index is -0.465. The van der Waals surface area contributed by atoms with Crippen LogP contribution in [0.25, 0.3) is 22.1 Å². The molecule has 1 aliphatic heterocycles. The summed E-state index contributed by atoms with van der Waals surface area (Å²) in [5.41, 5.74) is 0.685. The SMILES string of the molecule is CON(OC)C1CCN(c2nc3c(cc2F)c2ocnc2c(=O)n3C2CC2)C1. The molecule has 10 heteroatoms. The van der Waals surface area contributed by atoms with E-state index in [9.17, 15) is 4.79 Å². The van der Waals surface area contributed by atoms with Crippen LogP contribution in [0.1, 0.15) is 25.3 Å². The van der Waals surface area contributed by atoms with E-state index in [1.54, 1.807) is 4.57 Å². The van der Waals surface area contributed by atoms with Gasteiger partial charge in [0.2, 0.25) is 0 Å². The molecule has 0 radical (unpaired) electrons. The molecule has 4 heterocycles. The van der Waals surface area contributed by atoms with Crippen LogP contribution in [0.5, 0.6) is 0 Å². The number of aromatic nitrogens is 3. The van der Waals surface area contributed by atoms with Crippen molar-refractivity contribution >= 4 is 28.0 Å². The third-order valence-electron chi connectivity index (χ3n) is 5.43. The molecule has 3 aromatic rings. The number of rotatable bonds is 5. The lowest BCUT2D eigenvalue weighted by Crippen LogP contribution is -2.36. The van der Waals surface area contributed by atoms with Crippen molar-refractivity contribution in [2.45, 2.75) is 31.3 Å². The fourth-order valence-electron chi connectivity index (χ4n) is 3.99. The van der Waals surface area contributed by atoms with E-state index >= 15 is 4.39 Å². The minimum absolute atomic E-state index is 0.0470. The molecule has 2 fully saturated rings. The Balaban J connectivity index is 1.64. The van der Waals surface area contributed by atoms with E-state index in [0.717, 1.165) is 19.3 Å². The van der Waals surface area contributed by atoms with Crippen LogP contribution in [0, 0.1) is 5.82 Å². The Morgan fingerprint density at radius 3 is 2.79 bits per heavy atom. The summed E-state index contributed by atoms with van der Waals surface area (Å²) in [7, 11) is 3.05. The van der Waals surface area contributed by atoms with E-state index in [2.05, 4.69) is 9.97 Å². The molecule has 1 saturated carbocycles. The molecule has 3 aromatic heterocycles. The predicted molar refractivity (Wildman–Crippen MR) is 98.3 cm³/mol. The highest BCUT2D eigenvalue weighted by molar-refractivity contribution is 5.99. The van der Waals surface area contributed by atoms with E-state index in [4.69, 9.17) is 14.1 Å². The van der Waals surface area contributed by atoms with Crippen LogP contribution >= 0.6 is 0 Å². The number of anilines is 1. The summed E-state index contributed by atoms with van der Waals surface area (Å²) in [6.07, 6.45) is 3.74. The Bertz CT molecular complexity index is 1100. The summed E-state index contributed by atoms with van der Waals surface area (Å²) in [4.78, 5) is 33.7. The number of hydrogen-bond acceptors (Lipinski definition) is 8. The molecule has 5 rings (SSSR count). The lowest BCUT2D eigenvalue weighted by molar-refractivity contribution is -0.361. The van der Waals surface area contributed by atoms with Gasteiger partial charge in [-0.05, 0) is 25.3 Å². The van der Waals surface area contributed by atoms with Crippen molar-refractivity contribution in [3.63, 3.8) is 0 Å². The van der Waals surface area contributed by atoms with Gasteiger partial charge in [-0.25, -0.2) is 14.4 Å². The van der Waals surface area contributed by atoms with E-state index in [-0.39, 0.29) is 34.6 Å². The number of hydroxylamine groups is 2. The van der Waals surface area contributed by atoms with Crippen LogP contribution in [0.15, 0.2) is 21.7 Å². The average molecular weight is 389 g/mol. The lowest BCUT2D eigenvalue weighted by atomic mass is 10.2. The molecule has 0 spiro atoms. The van der Waals surface area contributed by atoms with Gasteiger partial charge in [-0.2, -0.15) is 0 Å². The van der Waals surface area contributed by atoms with Gasteiger partial charge in [-0.15, -0.1) is 0 Å². The number of halogens is 1. The number of fused-ring (bicyclic) bond motifs is 3. The molecular weight excluding hydrogens is 369 g/mol. The summed E-state index contributed by atoms with van der Waals surface area (Å²) < 4.78 is 22.0. The van der Waals surface area contributed by atoms with E-state index < -0.39 is 5.82 Å². The van der Waals surface area contributed by atoms with Crippen LogP contribution in [0.3, 0.4) is 0 Å². The van der Waals surface area contributed by atoms with E-state index in [0.29, 0.717) is 24.1 Å². The van der Waals surface area contributed by atoms with Crippen molar-refractivity contribution in [1.82, 2.24) is 19.8 Å². The second-order valence-electron chi connectivity index (χ2n) is 7.14. The Hall–Kier alpha value is -2.56. The lowest BCUT2D eigenvalue weighted by Gasteiger charge is -2.24. The molecular formula is C18H20FN5O4. The molecule has 0 N–H and O–H groups in total. The fraction of sp³-hybridized carbons (Fsp3) is 0.500. The number of oxazole rings is 1. The molecule has 1 aliphatic carbocycles. The molecule has 1 unspecified atom stereocenters. The van der Waals surface area contributed by atoms with Crippen molar-refractivity contribution in [3.8, 4) is 0 Å². The number of pyridine rings is 2. The molecule has 1 atom stereocenters. The van der Waals surface area contributed by atoms with Gasteiger partial charge in [0, 0.05) is 19.1 Å². The summed E-state index contributed by atoms with van der Waals surface area (Å²) in [6.45, 7) is 1.09. The fourth-order valence-corrected chi connectivity index (χ4v) is 3.99. The minimum Gasteiger partial charge on any atom is -0.442 e. The van der Waals surface area contributed by atoms with E-state index in [1.807, 2.05) is 4.90 Å². The van der Waals surface area contributed by atoms with Crippen LogP contribution in [0.4, 0.5) is 10.2 Å². The molecule has 1 saturated heterocycles. The first-order chi connectivity index (χ1) is 13.6. The zero-order chi connectivity index (χ0) is 19.4. The number of hydrogen-bond donors (Lipinski definition) is 0. The monoisotopic (exact) mass is 389 g/mol. The average Bonchev–Trinajstić information content (AvgIpc) is 3.19. The molecule has 148 valence electrons. The summed E-state index contributed by atoms with van der Waals surface area (Å²) in [5.74, 6) is -0.247. The van der Waals surface area contributed by atoms with Gasteiger partial charge in [-0.3, -0.25) is 19.0 Å². The summed E-state index contributed by atoms with van der Waals surface area (Å²) >= 11 is 0. The standard InChI is InChI=1S/C18H20FN5O4/c1-26-24(27-2)11-5-6-22(8-11)17-13(19)7-12-15-14(20-9-28-15)18(25)23(10-3-4-10)16(12)21-17/h7,9-11H,3-6,8H2,1-2H3. The molecule has 2 aliphatic rings. The van der Waals surface area contributed by atoms with Crippen molar-refractivity contribution in [1.29, 1.82) is 0 Å². The van der Waals surface area contributed by atoms with Gasteiger partial charge < -0.3 is 9.32 Å². The maximum absolute atomic E-state index is 15.0. The molecule has 9 nitrogen and oxygen atoms in total. The second kappa shape index (κ2) is 6.50. The topological polar surface area (TPSA) is 85.9 Å². The highest BCUT2D eigenvalue weighted by Gasteiger charge is 2.33. The Morgan fingerprint density at radius 1 is 1.29 bits per heavy atom. The van der Waals surface area contributed by atoms with Gasteiger partial charge in [-0.1, -0.05) is 5.23 Å². The van der Waals surface area contributed by atoms with Crippen LogP contribution in [-0.2, 0) is 9.68 Å². The molecule has 28 heavy (non-hydrogen) atoms.